The molecule has 1 fully saturated rings. The highest BCUT2D eigenvalue weighted by Gasteiger charge is 2.32. The first-order chi connectivity index (χ1) is 6.85. The molecule has 1 heterocycles. The van der Waals surface area contributed by atoms with Gasteiger partial charge in [0.05, 0.1) is 11.2 Å². The summed E-state index contributed by atoms with van der Waals surface area (Å²) in [7, 11) is 0. The normalized spacial score (nSPS) is 33.0. The van der Waals surface area contributed by atoms with Crippen LogP contribution in [0.3, 0.4) is 0 Å². The largest absolute Gasteiger partial charge is 0.375 e. The van der Waals surface area contributed by atoms with Crippen molar-refractivity contribution in [2.24, 2.45) is 0 Å². The Morgan fingerprint density at radius 3 is 2.67 bits per heavy atom. The third-order valence-electron chi connectivity index (χ3n) is 2.87. The maximum atomic E-state index is 5.78. The Bertz CT molecular complexity index is 200. The Morgan fingerprint density at radius 1 is 1.47 bits per heavy atom. The predicted octanol–water partition coefficient (Wildman–Crippen LogP) is 2.65. The molecular formula is C12H25NO2. The highest BCUT2D eigenvalue weighted by Crippen LogP contribution is 2.27. The lowest BCUT2D eigenvalue weighted by molar-refractivity contribution is -0.135. The predicted molar refractivity (Wildman–Crippen MR) is 61.6 cm³/mol. The first-order valence-electron chi connectivity index (χ1n) is 5.92. The highest BCUT2D eigenvalue weighted by molar-refractivity contribution is 4.84. The summed E-state index contributed by atoms with van der Waals surface area (Å²) >= 11 is 0. The molecule has 0 aromatic heterocycles. The first-order valence-corrected chi connectivity index (χ1v) is 5.92. The van der Waals surface area contributed by atoms with Crippen molar-refractivity contribution in [3.63, 3.8) is 0 Å². The van der Waals surface area contributed by atoms with Crippen LogP contribution in [0.15, 0.2) is 0 Å². The molecule has 1 rings (SSSR count). The molecule has 0 radical (unpaired) electrons. The van der Waals surface area contributed by atoms with Crippen LogP contribution in [0.5, 0.6) is 0 Å². The van der Waals surface area contributed by atoms with Gasteiger partial charge in [-0.2, -0.15) is 5.48 Å². The van der Waals surface area contributed by atoms with Gasteiger partial charge in [-0.25, -0.2) is 0 Å². The molecule has 3 heteroatoms. The Labute approximate surface area is 93.5 Å². The Morgan fingerprint density at radius 2 is 2.13 bits per heavy atom. The maximum Gasteiger partial charge on any atom is 0.0813 e. The number of rotatable bonds is 3. The van der Waals surface area contributed by atoms with Crippen LogP contribution < -0.4 is 5.48 Å². The van der Waals surface area contributed by atoms with Crippen molar-refractivity contribution in [3.8, 4) is 0 Å². The molecule has 0 amide bonds. The minimum Gasteiger partial charge on any atom is -0.375 e. The summed E-state index contributed by atoms with van der Waals surface area (Å²) in [5.41, 5.74) is 3.07. The monoisotopic (exact) mass is 215 g/mol. The second-order valence-electron chi connectivity index (χ2n) is 5.67. The van der Waals surface area contributed by atoms with Crippen LogP contribution in [0, 0.1) is 0 Å². The van der Waals surface area contributed by atoms with Gasteiger partial charge >= 0.3 is 0 Å². The number of nitrogens with one attached hydrogen (secondary N) is 1. The van der Waals surface area contributed by atoms with Gasteiger partial charge in [-0.3, -0.25) is 4.84 Å². The molecule has 2 atom stereocenters. The molecule has 1 saturated heterocycles. The third kappa shape index (κ3) is 4.49. The smallest absolute Gasteiger partial charge is 0.0813 e. The van der Waals surface area contributed by atoms with Crippen molar-refractivity contribution >= 4 is 0 Å². The van der Waals surface area contributed by atoms with E-state index in [1.807, 2.05) is 0 Å². The molecule has 90 valence electrons. The zero-order chi connectivity index (χ0) is 11.5. The summed E-state index contributed by atoms with van der Waals surface area (Å²) in [5.74, 6) is 0. The SMILES string of the molecule is CCC1(C)CC(NOC(C)(C)C)CCO1. The van der Waals surface area contributed by atoms with Crippen LogP contribution in [-0.2, 0) is 9.57 Å². The molecular weight excluding hydrogens is 190 g/mol. The average Bonchev–Trinajstić information content (AvgIpc) is 2.14. The van der Waals surface area contributed by atoms with Crippen molar-refractivity contribution in [1.29, 1.82) is 0 Å². The van der Waals surface area contributed by atoms with E-state index in [9.17, 15) is 0 Å². The van der Waals surface area contributed by atoms with E-state index in [0.29, 0.717) is 6.04 Å². The zero-order valence-electron chi connectivity index (χ0n) is 10.7. The van der Waals surface area contributed by atoms with Gasteiger partial charge in [0, 0.05) is 12.6 Å². The quantitative estimate of drug-likeness (QED) is 0.734. The summed E-state index contributed by atoms with van der Waals surface area (Å²) in [6, 6.07) is 0.419. The van der Waals surface area contributed by atoms with Gasteiger partial charge in [0.15, 0.2) is 0 Å². The van der Waals surface area contributed by atoms with E-state index >= 15 is 0 Å². The molecule has 15 heavy (non-hydrogen) atoms. The number of hydroxylamine groups is 1. The Kier molecular flexibility index (Phi) is 4.15. The highest BCUT2D eigenvalue weighted by atomic mass is 16.7. The van der Waals surface area contributed by atoms with E-state index in [-0.39, 0.29) is 11.2 Å². The number of ether oxygens (including phenoxy) is 1. The van der Waals surface area contributed by atoms with Crippen LogP contribution >= 0.6 is 0 Å². The summed E-state index contributed by atoms with van der Waals surface area (Å²) in [5, 5.41) is 0. The lowest BCUT2D eigenvalue weighted by Gasteiger charge is -2.38. The fourth-order valence-corrected chi connectivity index (χ4v) is 1.74. The van der Waals surface area contributed by atoms with Crippen molar-refractivity contribution in [3.05, 3.63) is 0 Å². The molecule has 0 aliphatic carbocycles. The van der Waals surface area contributed by atoms with Gasteiger partial charge in [0.25, 0.3) is 0 Å². The minimum atomic E-state index is -0.124. The lowest BCUT2D eigenvalue weighted by Crippen LogP contribution is -2.46. The van der Waals surface area contributed by atoms with Crippen molar-refractivity contribution in [1.82, 2.24) is 5.48 Å². The van der Waals surface area contributed by atoms with E-state index in [4.69, 9.17) is 9.57 Å². The van der Waals surface area contributed by atoms with Crippen LogP contribution in [0.2, 0.25) is 0 Å². The third-order valence-corrected chi connectivity index (χ3v) is 2.87. The van der Waals surface area contributed by atoms with Crippen molar-refractivity contribution in [2.45, 2.75) is 71.1 Å². The average molecular weight is 215 g/mol. The molecule has 3 nitrogen and oxygen atoms in total. The fraction of sp³-hybridized carbons (Fsp3) is 1.00. The van der Waals surface area contributed by atoms with Crippen molar-refractivity contribution < 1.29 is 9.57 Å². The Hall–Kier alpha value is -0.120. The van der Waals surface area contributed by atoms with Crippen LogP contribution in [0.25, 0.3) is 0 Å². The van der Waals surface area contributed by atoms with Gasteiger partial charge in [-0.05, 0) is 47.0 Å². The van der Waals surface area contributed by atoms with Gasteiger partial charge < -0.3 is 4.74 Å². The van der Waals surface area contributed by atoms with E-state index < -0.39 is 0 Å². The molecule has 0 aromatic carbocycles. The molecule has 0 aromatic rings. The van der Waals surface area contributed by atoms with Crippen LogP contribution in [-0.4, -0.2) is 23.9 Å². The lowest BCUT2D eigenvalue weighted by atomic mass is 9.90. The standard InChI is InChI=1S/C12H25NO2/c1-6-12(5)9-10(7-8-14-12)13-15-11(2,3)4/h10,13H,6-9H2,1-5H3. The molecule has 0 saturated carbocycles. The van der Waals surface area contributed by atoms with E-state index in [0.717, 1.165) is 25.9 Å². The number of hydrogen-bond acceptors (Lipinski definition) is 3. The molecule has 0 spiro atoms. The first kappa shape index (κ1) is 12.9. The van der Waals surface area contributed by atoms with Crippen molar-refractivity contribution in [2.75, 3.05) is 6.61 Å². The fourth-order valence-electron chi connectivity index (χ4n) is 1.74. The van der Waals surface area contributed by atoms with Gasteiger partial charge in [0.2, 0.25) is 0 Å². The summed E-state index contributed by atoms with van der Waals surface area (Å²) in [4.78, 5) is 5.60. The number of hydrogen-bond donors (Lipinski definition) is 1. The van der Waals surface area contributed by atoms with Crippen LogP contribution in [0.4, 0.5) is 0 Å². The molecule has 1 aliphatic rings. The minimum absolute atomic E-state index is 0.0250. The van der Waals surface area contributed by atoms with Gasteiger partial charge in [0.1, 0.15) is 0 Å². The molecule has 1 N–H and O–H groups in total. The molecule has 1 aliphatic heterocycles. The topological polar surface area (TPSA) is 30.5 Å². The molecule has 0 bridgehead atoms. The van der Waals surface area contributed by atoms with Gasteiger partial charge in [-0.1, -0.05) is 6.92 Å². The van der Waals surface area contributed by atoms with E-state index in [2.05, 4.69) is 40.1 Å². The second kappa shape index (κ2) is 4.81. The second-order valence-corrected chi connectivity index (χ2v) is 5.67. The van der Waals surface area contributed by atoms with E-state index in [1.165, 1.54) is 0 Å². The van der Waals surface area contributed by atoms with Gasteiger partial charge in [-0.15, -0.1) is 0 Å². The summed E-state index contributed by atoms with van der Waals surface area (Å²) in [6.45, 7) is 11.3. The summed E-state index contributed by atoms with van der Waals surface area (Å²) < 4.78 is 5.78. The van der Waals surface area contributed by atoms with E-state index in [1.54, 1.807) is 0 Å². The molecule has 2 unspecified atom stereocenters. The zero-order valence-corrected chi connectivity index (χ0v) is 10.7. The summed E-state index contributed by atoms with van der Waals surface area (Å²) in [6.07, 6.45) is 3.12. The van der Waals surface area contributed by atoms with Crippen LogP contribution in [0.1, 0.15) is 53.9 Å². The Balaban J connectivity index is 2.37. The maximum absolute atomic E-state index is 5.78.